The predicted octanol–water partition coefficient (Wildman–Crippen LogP) is 1.83. The molecule has 1 atom stereocenters. The molecule has 0 heterocycles. The van der Waals surface area contributed by atoms with Gasteiger partial charge in [-0.3, -0.25) is 4.79 Å². The Labute approximate surface area is 108 Å². The normalized spacial score (nSPS) is 16.8. The number of carboxylic acids is 1. The van der Waals surface area contributed by atoms with Gasteiger partial charge in [0.25, 0.3) is 0 Å². The summed E-state index contributed by atoms with van der Waals surface area (Å²) in [5, 5.41) is 11.1. The monoisotopic (exact) mass is 282 g/mol. The molecule has 110 valence electrons. The molecule has 19 heavy (non-hydrogen) atoms. The summed E-state index contributed by atoms with van der Waals surface area (Å²) in [4.78, 5) is 23.1. The van der Waals surface area contributed by atoms with Gasteiger partial charge in [-0.2, -0.15) is 13.2 Å². The van der Waals surface area contributed by atoms with E-state index in [-0.39, 0.29) is 12.6 Å². The van der Waals surface area contributed by atoms with E-state index in [0.717, 1.165) is 4.90 Å². The Hall–Kier alpha value is -1.47. The average molecular weight is 282 g/mol. The van der Waals surface area contributed by atoms with Gasteiger partial charge in [0.15, 0.2) is 0 Å². The van der Waals surface area contributed by atoms with Crippen LogP contribution in [-0.4, -0.2) is 47.3 Å². The number of hydrogen-bond acceptors (Lipinski definition) is 2. The highest BCUT2D eigenvalue weighted by molar-refractivity contribution is 5.76. The van der Waals surface area contributed by atoms with E-state index in [1.165, 1.54) is 0 Å². The van der Waals surface area contributed by atoms with Crippen LogP contribution in [-0.2, 0) is 4.79 Å². The van der Waals surface area contributed by atoms with Crippen molar-refractivity contribution in [2.24, 2.45) is 5.92 Å². The number of hydrogen-bond donors (Lipinski definition) is 2. The molecular formula is C11H17F3N2O3. The van der Waals surface area contributed by atoms with Crippen molar-refractivity contribution in [2.45, 2.75) is 38.4 Å². The van der Waals surface area contributed by atoms with Gasteiger partial charge in [-0.15, -0.1) is 0 Å². The number of halogens is 3. The van der Waals surface area contributed by atoms with Gasteiger partial charge >= 0.3 is 18.2 Å². The molecule has 0 bridgehead atoms. The van der Waals surface area contributed by atoms with E-state index in [1.54, 1.807) is 6.92 Å². The summed E-state index contributed by atoms with van der Waals surface area (Å²) >= 11 is 0. The van der Waals surface area contributed by atoms with Crippen molar-refractivity contribution in [1.29, 1.82) is 0 Å². The first-order chi connectivity index (χ1) is 8.74. The standard InChI is InChI=1S/C11H17F3N2O3/c1-2-7(9(17)18)5-15-10(19)16(8-3-4-8)6-11(12,13)14/h7-8H,2-6H2,1H3,(H,15,19)(H,17,18). The number of nitrogens with zero attached hydrogens (tertiary/aromatic N) is 1. The van der Waals surface area contributed by atoms with Gasteiger partial charge in [-0.05, 0) is 19.3 Å². The average Bonchev–Trinajstić information content (AvgIpc) is 3.08. The van der Waals surface area contributed by atoms with Crippen LogP contribution in [0.5, 0.6) is 0 Å². The highest BCUT2D eigenvalue weighted by Gasteiger charge is 2.40. The van der Waals surface area contributed by atoms with Gasteiger partial charge in [0.05, 0.1) is 5.92 Å². The molecule has 8 heteroatoms. The zero-order chi connectivity index (χ0) is 14.6. The Morgan fingerprint density at radius 1 is 1.42 bits per heavy atom. The minimum Gasteiger partial charge on any atom is -0.481 e. The first-order valence-electron chi connectivity index (χ1n) is 6.08. The van der Waals surface area contributed by atoms with Crippen molar-refractivity contribution in [3.63, 3.8) is 0 Å². The first kappa shape index (κ1) is 15.6. The van der Waals surface area contributed by atoms with Crippen LogP contribution < -0.4 is 5.32 Å². The van der Waals surface area contributed by atoms with E-state index in [2.05, 4.69) is 5.32 Å². The van der Waals surface area contributed by atoms with Crippen molar-refractivity contribution >= 4 is 12.0 Å². The number of amides is 2. The fourth-order valence-corrected chi connectivity index (χ4v) is 1.66. The lowest BCUT2D eigenvalue weighted by Gasteiger charge is -2.24. The number of carbonyl (C=O) groups is 2. The highest BCUT2D eigenvalue weighted by atomic mass is 19.4. The minimum atomic E-state index is -4.45. The molecule has 0 spiro atoms. The Morgan fingerprint density at radius 3 is 2.37 bits per heavy atom. The molecule has 5 nitrogen and oxygen atoms in total. The molecule has 1 saturated carbocycles. The van der Waals surface area contributed by atoms with Crippen LogP contribution in [0.15, 0.2) is 0 Å². The molecule has 0 aromatic rings. The number of aliphatic carboxylic acids is 1. The number of rotatable bonds is 6. The molecule has 1 fully saturated rings. The van der Waals surface area contributed by atoms with Crippen molar-refractivity contribution in [1.82, 2.24) is 10.2 Å². The Morgan fingerprint density at radius 2 is 2.00 bits per heavy atom. The maximum absolute atomic E-state index is 12.3. The highest BCUT2D eigenvalue weighted by Crippen LogP contribution is 2.30. The largest absolute Gasteiger partial charge is 0.481 e. The molecule has 0 saturated heterocycles. The van der Waals surface area contributed by atoms with Crippen LogP contribution in [0.25, 0.3) is 0 Å². The third-order valence-electron chi connectivity index (χ3n) is 2.94. The second-order valence-electron chi connectivity index (χ2n) is 4.60. The van der Waals surface area contributed by atoms with E-state index in [1.807, 2.05) is 0 Å². The number of carboxylic acid groups (broad SMARTS) is 1. The van der Waals surface area contributed by atoms with E-state index >= 15 is 0 Å². The van der Waals surface area contributed by atoms with Crippen molar-refractivity contribution in [3.8, 4) is 0 Å². The molecule has 0 aliphatic heterocycles. The third kappa shape index (κ3) is 5.35. The van der Waals surface area contributed by atoms with Crippen LogP contribution in [0.3, 0.4) is 0 Å². The zero-order valence-electron chi connectivity index (χ0n) is 10.5. The quantitative estimate of drug-likeness (QED) is 0.781. The molecular weight excluding hydrogens is 265 g/mol. The SMILES string of the molecule is CCC(CNC(=O)N(CC(F)(F)F)C1CC1)C(=O)O. The molecule has 0 radical (unpaired) electrons. The summed E-state index contributed by atoms with van der Waals surface area (Å²) in [5.41, 5.74) is 0. The fourth-order valence-electron chi connectivity index (χ4n) is 1.66. The van der Waals surface area contributed by atoms with E-state index in [0.29, 0.717) is 19.3 Å². The first-order valence-corrected chi connectivity index (χ1v) is 6.08. The lowest BCUT2D eigenvalue weighted by Crippen LogP contribution is -2.47. The summed E-state index contributed by atoms with van der Waals surface area (Å²) in [6.07, 6.45) is -3.03. The molecule has 1 aliphatic rings. The summed E-state index contributed by atoms with van der Waals surface area (Å²) in [5.74, 6) is -1.85. The summed E-state index contributed by atoms with van der Waals surface area (Å²) in [6.45, 7) is 0.179. The second kappa shape index (κ2) is 6.12. The Balaban J connectivity index is 2.51. The summed E-state index contributed by atoms with van der Waals surface area (Å²) in [6, 6.07) is -1.23. The van der Waals surface area contributed by atoms with Crippen molar-refractivity contribution < 1.29 is 27.9 Å². The Bertz CT molecular complexity index is 343. The van der Waals surface area contributed by atoms with Gasteiger partial charge < -0.3 is 15.3 Å². The number of urea groups is 1. The summed E-state index contributed by atoms with van der Waals surface area (Å²) < 4.78 is 37.0. The maximum Gasteiger partial charge on any atom is 0.406 e. The van der Waals surface area contributed by atoms with E-state index in [9.17, 15) is 22.8 Å². The third-order valence-corrected chi connectivity index (χ3v) is 2.94. The lowest BCUT2D eigenvalue weighted by atomic mass is 10.1. The molecule has 2 N–H and O–H groups in total. The molecule has 1 aliphatic carbocycles. The van der Waals surface area contributed by atoms with Crippen molar-refractivity contribution in [2.75, 3.05) is 13.1 Å². The topological polar surface area (TPSA) is 69.6 Å². The summed E-state index contributed by atoms with van der Waals surface area (Å²) in [7, 11) is 0. The smallest absolute Gasteiger partial charge is 0.406 e. The maximum atomic E-state index is 12.3. The van der Waals surface area contributed by atoms with Gasteiger partial charge in [0.1, 0.15) is 6.54 Å². The predicted molar refractivity (Wildman–Crippen MR) is 60.6 cm³/mol. The fraction of sp³-hybridized carbons (Fsp3) is 0.818. The van der Waals surface area contributed by atoms with E-state index < -0.39 is 30.6 Å². The van der Waals surface area contributed by atoms with Gasteiger partial charge in [0, 0.05) is 12.6 Å². The number of carbonyl (C=O) groups excluding carboxylic acids is 1. The van der Waals surface area contributed by atoms with Crippen LogP contribution in [0.2, 0.25) is 0 Å². The molecule has 0 aromatic carbocycles. The van der Waals surface area contributed by atoms with Gasteiger partial charge in [0.2, 0.25) is 0 Å². The van der Waals surface area contributed by atoms with E-state index in [4.69, 9.17) is 5.11 Å². The molecule has 1 unspecified atom stereocenters. The number of alkyl halides is 3. The molecule has 2 amide bonds. The number of nitrogens with one attached hydrogen (secondary N) is 1. The van der Waals surface area contributed by atoms with Crippen LogP contribution >= 0.6 is 0 Å². The van der Waals surface area contributed by atoms with Crippen LogP contribution in [0.1, 0.15) is 26.2 Å². The van der Waals surface area contributed by atoms with Gasteiger partial charge in [-0.1, -0.05) is 6.92 Å². The molecule has 1 rings (SSSR count). The zero-order valence-corrected chi connectivity index (χ0v) is 10.5. The lowest BCUT2D eigenvalue weighted by molar-refractivity contribution is -0.143. The van der Waals surface area contributed by atoms with Gasteiger partial charge in [-0.25, -0.2) is 4.79 Å². The van der Waals surface area contributed by atoms with Crippen LogP contribution in [0, 0.1) is 5.92 Å². The second-order valence-corrected chi connectivity index (χ2v) is 4.60. The Kier molecular flexibility index (Phi) is 5.02. The van der Waals surface area contributed by atoms with Crippen LogP contribution in [0.4, 0.5) is 18.0 Å². The van der Waals surface area contributed by atoms with Crippen molar-refractivity contribution in [3.05, 3.63) is 0 Å². The minimum absolute atomic E-state index is 0.161. The molecule has 0 aromatic heterocycles.